The molecule has 1 aliphatic carbocycles. The first-order valence-electron chi connectivity index (χ1n) is 6.88. The van der Waals surface area contributed by atoms with Crippen molar-refractivity contribution >= 4 is 0 Å². The molecule has 5 nitrogen and oxygen atoms in total. The zero-order valence-corrected chi connectivity index (χ0v) is 10.9. The molecule has 0 amide bonds. The van der Waals surface area contributed by atoms with Gasteiger partial charge >= 0.3 is 0 Å². The number of aromatic nitrogens is 3. The van der Waals surface area contributed by atoms with Gasteiger partial charge in [-0.1, -0.05) is 18.0 Å². The molecular weight excluding hydrogens is 240 g/mol. The van der Waals surface area contributed by atoms with Crippen molar-refractivity contribution in [3.8, 4) is 11.5 Å². The molecule has 2 heterocycles. The van der Waals surface area contributed by atoms with Gasteiger partial charge in [0.25, 0.3) is 5.89 Å². The van der Waals surface area contributed by atoms with E-state index in [0.717, 1.165) is 24.4 Å². The van der Waals surface area contributed by atoms with Crippen LogP contribution in [0, 0.1) is 0 Å². The van der Waals surface area contributed by atoms with Crippen molar-refractivity contribution in [1.82, 2.24) is 20.4 Å². The van der Waals surface area contributed by atoms with Crippen LogP contribution in [0.15, 0.2) is 29.0 Å². The Balaban J connectivity index is 1.53. The van der Waals surface area contributed by atoms with Crippen molar-refractivity contribution in [3.05, 3.63) is 30.4 Å². The molecule has 1 saturated carbocycles. The molecular formula is C14H18N4O. The number of nitrogens with one attached hydrogen (secondary N) is 1. The second kappa shape index (κ2) is 5.93. The van der Waals surface area contributed by atoms with Gasteiger partial charge in [-0.3, -0.25) is 4.98 Å². The first kappa shape index (κ1) is 12.3. The number of hydrogen-bond donors (Lipinski definition) is 1. The monoisotopic (exact) mass is 258 g/mol. The number of hydrogen-bond acceptors (Lipinski definition) is 5. The molecule has 0 bridgehead atoms. The van der Waals surface area contributed by atoms with E-state index in [9.17, 15) is 0 Å². The fourth-order valence-electron chi connectivity index (χ4n) is 2.49. The first-order chi connectivity index (χ1) is 9.42. The molecule has 3 rings (SSSR count). The summed E-state index contributed by atoms with van der Waals surface area (Å²) in [5, 5.41) is 7.56. The highest BCUT2D eigenvalue weighted by Crippen LogP contribution is 2.18. The molecule has 1 N–H and O–H groups in total. The molecule has 5 heteroatoms. The van der Waals surface area contributed by atoms with Gasteiger partial charge in [0.15, 0.2) is 5.82 Å². The van der Waals surface area contributed by atoms with Crippen LogP contribution in [0.25, 0.3) is 11.5 Å². The third-order valence-corrected chi connectivity index (χ3v) is 3.53. The molecule has 0 aliphatic heterocycles. The predicted octanol–water partition coefficient (Wildman–Crippen LogP) is 2.21. The van der Waals surface area contributed by atoms with Crippen molar-refractivity contribution in [2.24, 2.45) is 0 Å². The summed E-state index contributed by atoms with van der Waals surface area (Å²) in [5.74, 6) is 1.33. The zero-order valence-electron chi connectivity index (χ0n) is 10.9. The largest absolute Gasteiger partial charge is 0.334 e. The van der Waals surface area contributed by atoms with Crippen LogP contribution in [0.2, 0.25) is 0 Å². The third-order valence-electron chi connectivity index (χ3n) is 3.53. The van der Waals surface area contributed by atoms with Gasteiger partial charge in [-0.05, 0) is 25.0 Å². The first-order valence-corrected chi connectivity index (χ1v) is 6.88. The average Bonchev–Trinajstić information content (AvgIpc) is 3.11. The summed E-state index contributed by atoms with van der Waals surface area (Å²) in [4.78, 5) is 8.37. The van der Waals surface area contributed by atoms with E-state index in [1.54, 1.807) is 12.4 Å². The van der Waals surface area contributed by atoms with Gasteiger partial charge in [-0.2, -0.15) is 4.98 Å². The molecule has 2 aromatic rings. The van der Waals surface area contributed by atoms with Crippen LogP contribution in [0.5, 0.6) is 0 Å². The van der Waals surface area contributed by atoms with Crippen LogP contribution in [-0.2, 0) is 6.42 Å². The topological polar surface area (TPSA) is 63.8 Å². The fourth-order valence-corrected chi connectivity index (χ4v) is 2.49. The molecule has 19 heavy (non-hydrogen) atoms. The molecule has 100 valence electrons. The third kappa shape index (κ3) is 3.17. The number of pyridine rings is 1. The van der Waals surface area contributed by atoms with Crippen molar-refractivity contribution < 1.29 is 4.52 Å². The van der Waals surface area contributed by atoms with Crippen molar-refractivity contribution in [2.45, 2.75) is 38.1 Å². The van der Waals surface area contributed by atoms with Crippen LogP contribution in [0.3, 0.4) is 0 Å². The van der Waals surface area contributed by atoms with E-state index < -0.39 is 0 Å². The lowest BCUT2D eigenvalue weighted by molar-refractivity contribution is 0.420. The molecule has 0 unspecified atom stereocenters. The Morgan fingerprint density at radius 1 is 1.21 bits per heavy atom. The molecule has 0 spiro atoms. The summed E-state index contributed by atoms with van der Waals surface area (Å²) in [5.41, 5.74) is 0.914. The summed E-state index contributed by atoms with van der Waals surface area (Å²) in [6.07, 6.45) is 9.56. The molecule has 1 fully saturated rings. The zero-order chi connectivity index (χ0) is 12.9. The Bertz CT molecular complexity index is 505. The van der Waals surface area contributed by atoms with Crippen molar-refractivity contribution in [3.63, 3.8) is 0 Å². The van der Waals surface area contributed by atoms with Gasteiger partial charge in [-0.25, -0.2) is 0 Å². The maximum Gasteiger partial charge on any atom is 0.258 e. The van der Waals surface area contributed by atoms with Crippen LogP contribution >= 0.6 is 0 Å². The summed E-state index contributed by atoms with van der Waals surface area (Å²) in [6.45, 7) is 0.917. The lowest BCUT2D eigenvalue weighted by Gasteiger charge is -2.09. The quantitative estimate of drug-likeness (QED) is 0.890. The molecule has 0 radical (unpaired) electrons. The summed E-state index contributed by atoms with van der Waals surface area (Å²) in [7, 11) is 0. The van der Waals surface area contributed by atoms with E-state index in [4.69, 9.17) is 4.52 Å². The van der Waals surface area contributed by atoms with Crippen molar-refractivity contribution in [2.75, 3.05) is 6.54 Å². The Labute approximate surface area is 112 Å². The standard InChI is InChI=1S/C14H18N4O/c1-2-4-12(3-1)16-10-7-13-17-14(19-18-13)11-5-8-15-9-6-11/h5-6,8-9,12,16H,1-4,7,10H2. The van der Waals surface area contributed by atoms with E-state index in [-0.39, 0.29) is 0 Å². The minimum atomic E-state index is 0.568. The van der Waals surface area contributed by atoms with Crippen LogP contribution in [-0.4, -0.2) is 27.7 Å². The van der Waals surface area contributed by atoms with E-state index in [0.29, 0.717) is 11.9 Å². The summed E-state index contributed by atoms with van der Waals surface area (Å²) >= 11 is 0. The highest BCUT2D eigenvalue weighted by molar-refractivity contribution is 5.50. The van der Waals surface area contributed by atoms with Gasteiger partial charge in [0, 0.05) is 37.0 Å². The summed E-state index contributed by atoms with van der Waals surface area (Å²) < 4.78 is 5.26. The summed E-state index contributed by atoms with van der Waals surface area (Å²) in [6, 6.07) is 4.42. The second-order valence-electron chi connectivity index (χ2n) is 4.94. The van der Waals surface area contributed by atoms with Crippen molar-refractivity contribution in [1.29, 1.82) is 0 Å². The van der Waals surface area contributed by atoms with E-state index in [1.165, 1.54) is 25.7 Å². The SMILES string of the molecule is c1cc(-c2nc(CCNC3CCCC3)no2)ccn1. The molecule has 0 atom stereocenters. The number of nitrogens with zero attached hydrogens (tertiary/aromatic N) is 3. The Morgan fingerprint density at radius 3 is 2.79 bits per heavy atom. The van der Waals surface area contributed by atoms with E-state index in [1.807, 2.05) is 12.1 Å². The molecule has 1 aliphatic rings. The lowest BCUT2D eigenvalue weighted by atomic mass is 10.2. The van der Waals surface area contributed by atoms with E-state index >= 15 is 0 Å². The van der Waals surface area contributed by atoms with Gasteiger partial charge in [0.1, 0.15) is 0 Å². The lowest BCUT2D eigenvalue weighted by Crippen LogP contribution is -2.28. The molecule has 2 aromatic heterocycles. The predicted molar refractivity (Wildman–Crippen MR) is 71.5 cm³/mol. The van der Waals surface area contributed by atoms with Gasteiger partial charge in [-0.15, -0.1) is 0 Å². The van der Waals surface area contributed by atoms with Gasteiger partial charge in [0.2, 0.25) is 0 Å². The minimum absolute atomic E-state index is 0.568. The van der Waals surface area contributed by atoms with Gasteiger partial charge < -0.3 is 9.84 Å². The van der Waals surface area contributed by atoms with E-state index in [2.05, 4.69) is 20.4 Å². The highest BCUT2D eigenvalue weighted by Gasteiger charge is 2.14. The molecule has 0 saturated heterocycles. The average molecular weight is 258 g/mol. The Morgan fingerprint density at radius 2 is 2.00 bits per heavy atom. The van der Waals surface area contributed by atoms with Crippen LogP contribution in [0.1, 0.15) is 31.5 Å². The van der Waals surface area contributed by atoms with Gasteiger partial charge in [0.05, 0.1) is 0 Å². The second-order valence-corrected chi connectivity index (χ2v) is 4.94. The van der Waals surface area contributed by atoms with Crippen LogP contribution in [0.4, 0.5) is 0 Å². The minimum Gasteiger partial charge on any atom is -0.334 e. The molecule has 0 aromatic carbocycles. The normalized spacial score (nSPS) is 16.0. The highest BCUT2D eigenvalue weighted by atomic mass is 16.5. The fraction of sp³-hybridized carbons (Fsp3) is 0.500. The maximum atomic E-state index is 5.26. The maximum absolute atomic E-state index is 5.26. The Kier molecular flexibility index (Phi) is 3.83. The smallest absolute Gasteiger partial charge is 0.258 e. The number of rotatable bonds is 5. The Hall–Kier alpha value is -1.75. The van der Waals surface area contributed by atoms with Crippen LogP contribution < -0.4 is 5.32 Å².